The zero-order valence-corrected chi connectivity index (χ0v) is 12.9. The third-order valence-electron chi connectivity index (χ3n) is 4.20. The quantitative estimate of drug-likeness (QED) is 0.737. The first-order valence-electron chi connectivity index (χ1n) is 7.68. The minimum absolute atomic E-state index is 0.0223. The molecule has 0 aliphatic carbocycles. The molecule has 0 aromatic heterocycles. The van der Waals surface area contributed by atoms with Crippen LogP contribution in [0.1, 0.15) is 52.9 Å². The largest absolute Gasteiger partial charge is 0.481 e. The van der Waals surface area contributed by atoms with Gasteiger partial charge in [0, 0.05) is 25.6 Å². The van der Waals surface area contributed by atoms with Gasteiger partial charge < -0.3 is 15.3 Å². The van der Waals surface area contributed by atoms with Crippen LogP contribution < -0.4 is 5.32 Å². The van der Waals surface area contributed by atoms with E-state index in [-0.39, 0.29) is 12.5 Å². The minimum atomic E-state index is -0.751. The third-order valence-corrected chi connectivity index (χ3v) is 4.20. The maximum atomic E-state index is 12.2. The van der Waals surface area contributed by atoms with Crippen LogP contribution in [0.25, 0.3) is 0 Å². The van der Waals surface area contributed by atoms with Gasteiger partial charge in [0.2, 0.25) is 0 Å². The van der Waals surface area contributed by atoms with Gasteiger partial charge in [-0.2, -0.15) is 0 Å². The van der Waals surface area contributed by atoms with E-state index in [9.17, 15) is 9.59 Å². The fourth-order valence-corrected chi connectivity index (χ4v) is 2.86. The fourth-order valence-electron chi connectivity index (χ4n) is 2.86. The normalized spacial score (nSPS) is 26.4. The molecule has 1 fully saturated rings. The Morgan fingerprint density at radius 3 is 2.55 bits per heavy atom. The average molecular weight is 284 g/mol. The van der Waals surface area contributed by atoms with Crippen LogP contribution >= 0.6 is 0 Å². The van der Waals surface area contributed by atoms with Crippen LogP contribution in [0.2, 0.25) is 0 Å². The van der Waals surface area contributed by atoms with Crippen molar-refractivity contribution >= 4 is 12.0 Å². The molecule has 2 N–H and O–H groups in total. The average Bonchev–Trinajstić information content (AvgIpc) is 2.37. The molecule has 1 aliphatic heterocycles. The lowest BCUT2D eigenvalue weighted by molar-refractivity contribution is -0.137. The van der Waals surface area contributed by atoms with Gasteiger partial charge in [0.25, 0.3) is 0 Å². The molecular weight excluding hydrogens is 256 g/mol. The molecule has 116 valence electrons. The first kappa shape index (κ1) is 16.8. The van der Waals surface area contributed by atoms with Crippen LogP contribution in [0.4, 0.5) is 4.79 Å². The number of aliphatic carboxylic acids is 1. The molecule has 5 heteroatoms. The van der Waals surface area contributed by atoms with Crippen molar-refractivity contribution in [2.45, 2.75) is 58.9 Å². The van der Waals surface area contributed by atoms with E-state index in [0.29, 0.717) is 30.8 Å². The molecule has 20 heavy (non-hydrogen) atoms. The molecule has 1 heterocycles. The van der Waals surface area contributed by atoms with Crippen LogP contribution in [-0.2, 0) is 4.79 Å². The number of carbonyl (C=O) groups is 2. The molecule has 1 aliphatic rings. The minimum Gasteiger partial charge on any atom is -0.481 e. The van der Waals surface area contributed by atoms with Gasteiger partial charge in [-0.15, -0.1) is 0 Å². The zero-order chi connectivity index (χ0) is 15.1. The Bertz CT molecular complexity index is 333. The van der Waals surface area contributed by atoms with Gasteiger partial charge in [-0.1, -0.05) is 20.3 Å². The summed E-state index contributed by atoms with van der Waals surface area (Å²) < 4.78 is 0. The van der Waals surface area contributed by atoms with Gasteiger partial charge in [0.1, 0.15) is 0 Å². The predicted molar refractivity (Wildman–Crippen MR) is 78.6 cm³/mol. The van der Waals surface area contributed by atoms with E-state index < -0.39 is 5.97 Å². The summed E-state index contributed by atoms with van der Waals surface area (Å²) in [5.41, 5.74) is 0. The number of amides is 2. The molecule has 2 amide bonds. The summed E-state index contributed by atoms with van der Waals surface area (Å²) in [6.07, 6.45) is 3.76. The van der Waals surface area contributed by atoms with E-state index in [2.05, 4.69) is 26.1 Å². The topological polar surface area (TPSA) is 69.6 Å². The fraction of sp³-hybridized carbons (Fsp3) is 0.867. The predicted octanol–water partition coefficient (Wildman–Crippen LogP) is 2.71. The van der Waals surface area contributed by atoms with Gasteiger partial charge in [0.15, 0.2) is 0 Å². The SMILES string of the molecule is CC1CC(C)C(C)N(C(=O)NCCCCCC(=O)O)C1. The molecule has 0 saturated carbocycles. The van der Waals surface area contributed by atoms with Crippen molar-refractivity contribution in [1.29, 1.82) is 0 Å². The molecule has 0 spiro atoms. The van der Waals surface area contributed by atoms with Crippen LogP contribution in [0.15, 0.2) is 0 Å². The molecule has 1 rings (SSSR count). The van der Waals surface area contributed by atoms with Crippen molar-refractivity contribution in [2.75, 3.05) is 13.1 Å². The van der Waals surface area contributed by atoms with Gasteiger partial charge in [-0.05, 0) is 38.0 Å². The number of hydrogen-bond acceptors (Lipinski definition) is 2. The summed E-state index contributed by atoms with van der Waals surface area (Å²) in [5, 5.41) is 11.5. The number of carboxylic acids is 1. The summed E-state index contributed by atoms with van der Waals surface area (Å²) >= 11 is 0. The van der Waals surface area contributed by atoms with Crippen LogP contribution in [0, 0.1) is 11.8 Å². The second-order valence-corrected chi connectivity index (χ2v) is 6.15. The Kier molecular flexibility index (Phi) is 6.82. The van der Waals surface area contributed by atoms with E-state index in [0.717, 1.165) is 19.4 Å². The Morgan fingerprint density at radius 1 is 1.20 bits per heavy atom. The lowest BCUT2D eigenvalue weighted by Crippen LogP contribution is -2.52. The summed E-state index contributed by atoms with van der Waals surface area (Å²) in [7, 11) is 0. The summed E-state index contributed by atoms with van der Waals surface area (Å²) in [5.74, 6) is 0.349. The summed E-state index contributed by atoms with van der Waals surface area (Å²) in [6.45, 7) is 7.96. The molecule has 3 unspecified atom stereocenters. The van der Waals surface area contributed by atoms with Crippen molar-refractivity contribution < 1.29 is 14.7 Å². The highest BCUT2D eigenvalue weighted by molar-refractivity contribution is 5.74. The molecular formula is C15H28N2O3. The number of rotatable bonds is 6. The number of nitrogens with one attached hydrogen (secondary N) is 1. The molecule has 0 bridgehead atoms. The number of unbranched alkanes of at least 4 members (excludes halogenated alkanes) is 2. The molecule has 0 aromatic rings. The van der Waals surface area contributed by atoms with Gasteiger partial charge in [-0.25, -0.2) is 4.79 Å². The van der Waals surface area contributed by atoms with Crippen LogP contribution in [0.3, 0.4) is 0 Å². The van der Waals surface area contributed by atoms with Crippen molar-refractivity contribution in [3.63, 3.8) is 0 Å². The smallest absolute Gasteiger partial charge is 0.317 e. The maximum Gasteiger partial charge on any atom is 0.317 e. The lowest BCUT2D eigenvalue weighted by atomic mass is 9.86. The highest BCUT2D eigenvalue weighted by Gasteiger charge is 2.31. The number of urea groups is 1. The van der Waals surface area contributed by atoms with Gasteiger partial charge >= 0.3 is 12.0 Å². The molecule has 0 aromatic carbocycles. The van der Waals surface area contributed by atoms with Gasteiger partial charge in [-0.3, -0.25) is 4.79 Å². The highest BCUT2D eigenvalue weighted by Crippen LogP contribution is 2.26. The van der Waals surface area contributed by atoms with E-state index >= 15 is 0 Å². The van der Waals surface area contributed by atoms with Crippen LogP contribution in [0.5, 0.6) is 0 Å². The second kappa shape index (κ2) is 8.12. The third kappa shape index (κ3) is 5.39. The van der Waals surface area contributed by atoms with Crippen molar-refractivity contribution in [1.82, 2.24) is 10.2 Å². The first-order chi connectivity index (χ1) is 9.41. The highest BCUT2D eigenvalue weighted by atomic mass is 16.4. The van der Waals surface area contributed by atoms with Gasteiger partial charge in [0.05, 0.1) is 0 Å². The number of carbonyl (C=O) groups excluding carboxylic acids is 1. The maximum absolute atomic E-state index is 12.2. The second-order valence-electron chi connectivity index (χ2n) is 6.15. The van der Waals surface area contributed by atoms with Crippen LogP contribution in [-0.4, -0.2) is 41.1 Å². The Hall–Kier alpha value is -1.26. The van der Waals surface area contributed by atoms with E-state index in [1.807, 2.05) is 4.90 Å². The number of piperidine rings is 1. The Balaban J connectivity index is 2.23. The summed E-state index contributed by atoms with van der Waals surface area (Å²) in [6, 6.07) is 0.312. The monoisotopic (exact) mass is 284 g/mol. The Morgan fingerprint density at radius 2 is 1.90 bits per heavy atom. The summed E-state index contributed by atoms with van der Waals surface area (Å²) in [4.78, 5) is 24.5. The van der Waals surface area contributed by atoms with E-state index in [4.69, 9.17) is 5.11 Å². The van der Waals surface area contributed by atoms with E-state index in [1.54, 1.807) is 0 Å². The number of carboxylic acid groups (broad SMARTS) is 1. The number of likely N-dealkylation sites (tertiary alicyclic amines) is 1. The first-order valence-corrected chi connectivity index (χ1v) is 7.68. The molecule has 5 nitrogen and oxygen atoms in total. The molecule has 3 atom stereocenters. The molecule has 1 saturated heterocycles. The Labute approximate surface area is 121 Å². The van der Waals surface area contributed by atoms with Crippen molar-refractivity contribution in [2.24, 2.45) is 11.8 Å². The standard InChI is InChI=1S/C15H28N2O3/c1-11-9-12(2)13(3)17(10-11)15(20)16-8-6-4-5-7-14(18)19/h11-13H,4-10H2,1-3H3,(H,16,20)(H,18,19). The van der Waals surface area contributed by atoms with Crippen molar-refractivity contribution in [3.8, 4) is 0 Å². The zero-order valence-electron chi connectivity index (χ0n) is 12.9. The lowest BCUT2D eigenvalue weighted by Gasteiger charge is -2.41. The van der Waals surface area contributed by atoms with E-state index in [1.165, 1.54) is 6.42 Å². The number of hydrogen-bond donors (Lipinski definition) is 2. The number of nitrogens with zero attached hydrogens (tertiary/aromatic N) is 1. The van der Waals surface area contributed by atoms with Crippen molar-refractivity contribution in [3.05, 3.63) is 0 Å². The molecule has 0 radical (unpaired) electrons.